The van der Waals surface area contributed by atoms with Crippen LogP contribution >= 0.6 is 0 Å². The van der Waals surface area contributed by atoms with E-state index in [4.69, 9.17) is 14.6 Å². The topological polar surface area (TPSA) is 59.8 Å². The number of rotatable bonds is 13. The van der Waals surface area contributed by atoms with Gasteiger partial charge in [0.05, 0.1) is 36.3 Å². The summed E-state index contributed by atoms with van der Waals surface area (Å²) in [6.07, 6.45) is 1.93. The minimum Gasteiger partial charge on any atom is -0.435 e. The number of ether oxygens (including phenoxy) is 2. The van der Waals surface area contributed by atoms with Crippen molar-refractivity contribution in [1.82, 2.24) is 14.7 Å². The number of aliphatic hydroxyl groups is 1. The molecule has 0 aliphatic carbocycles. The quantitative estimate of drug-likeness (QED) is 0.295. The fourth-order valence-electron chi connectivity index (χ4n) is 3.61. The molecule has 3 rings (SSSR count). The zero-order valence-electron chi connectivity index (χ0n) is 19.3. The van der Waals surface area contributed by atoms with Crippen LogP contribution in [-0.2, 0) is 11.3 Å². The molecule has 0 saturated carbocycles. The molecule has 0 radical (unpaired) electrons. The van der Waals surface area contributed by atoms with Gasteiger partial charge in [0.25, 0.3) is 0 Å². The number of benzene rings is 2. The van der Waals surface area contributed by atoms with E-state index in [1.54, 1.807) is 29.0 Å². The number of aryl methyl sites for hydroxylation is 1. The monoisotopic (exact) mass is 453 g/mol. The molecule has 0 aliphatic rings. The molecule has 1 N–H and O–H groups in total. The number of halogens is 1. The van der Waals surface area contributed by atoms with E-state index in [1.807, 2.05) is 37.3 Å². The van der Waals surface area contributed by atoms with Gasteiger partial charge in [-0.1, -0.05) is 43.3 Å². The lowest BCUT2D eigenvalue weighted by Crippen LogP contribution is -2.35. The van der Waals surface area contributed by atoms with E-state index in [2.05, 4.69) is 18.4 Å². The first-order valence-electron chi connectivity index (χ1n) is 11.2. The predicted octanol–water partition coefficient (Wildman–Crippen LogP) is 4.89. The molecule has 0 fully saturated rings. The summed E-state index contributed by atoms with van der Waals surface area (Å²) in [6, 6.07) is 15.9. The van der Waals surface area contributed by atoms with E-state index >= 15 is 0 Å². The first-order valence-corrected chi connectivity index (χ1v) is 11.2. The second-order valence-corrected chi connectivity index (χ2v) is 7.86. The fraction of sp³-hybridized carbons (Fsp3) is 0.346. The summed E-state index contributed by atoms with van der Waals surface area (Å²) in [5.41, 5.74) is 2.44. The molecule has 6 nitrogen and oxygen atoms in total. The molecule has 0 aliphatic heterocycles. The summed E-state index contributed by atoms with van der Waals surface area (Å²) in [7, 11) is 0. The van der Waals surface area contributed by atoms with E-state index in [1.165, 1.54) is 6.07 Å². The minimum absolute atomic E-state index is 0.135. The summed E-state index contributed by atoms with van der Waals surface area (Å²) < 4.78 is 27.6. The molecule has 3 aromatic rings. The number of para-hydroxylation sites is 2. The molecule has 1 heterocycles. The highest BCUT2D eigenvalue weighted by Gasteiger charge is 2.23. The average molecular weight is 454 g/mol. The molecule has 7 heteroatoms. The Bertz CT molecular complexity index is 1020. The molecule has 1 aromatic heterocycles. The van der Waals surface area contributed by atoms with Crippen LogP contribution in [0.15, 0.2) is 67.3 Å². The summed E-state index contributed by atoms with van der Waals surface area (Å²) in [5, 5.41) is 15.1. The normalized spacial score (nSPS) is 12.2. The highest BCUT2D eigenvalue weighted by atomic mass is 19.1. The molecule has 176 valence electrons. The largest absolute Gasteiger partial charge is 0.435 e. The van der Waals surface area contributed by atoms with Gasteiger partial charge in [0.2, 0.25) is 5.88 Å². The maximum atomic E-state index is 14.4. The summed E-state index contributed by atoms with van der Waals surface area (Å²) in [6.45, 7) is 9.95. The Morgan fingerprint density at radius 2 is 1.91 bits per heavy atom. The first-order chi connectivity index (χ1) is 16.0. The zero-order valence-corrected chi connectivity index (χ0v) is 19.3. The summed E-state index contributed by atoms with van der Waals surface area (Å²) >= 11 is 0. The van der Waals surface area contributed by atoms with Crippen molar-refractivity contribution >= 4 is 0 Å². The summed E-state index contributed by atoms with van der Waals surface area (Å²) in [5.74, 6) is 0.153. The number of nitrogens with zero attached hydrogens (tertiary/aromatic N) is 3. The van der Waals surface area contributed by atoms with E-state index in [0.717, 1.165) is 29.9 Å². The van der Waals surface area contributed by atoms with Crippen molar-refractivity contribution in [1.29, 1.82) is 0 Å². The van der Waals surface area contributed by atoms with Gasteiger partial charge in [-0.05, 0) is 44.2 Å². The Balaban J connectivity index is 1.93. The Morgan fingerprint density at radius 3 is 2.61 bits per heavy atom. The van der Waals surface area contributed by atoms with E-state index in [0.29, 0.717) is 25.6 Å². The lowest BCUT2D eigenvalue weighted by Gasteiger charge is -2.25. The van der Waals surface area contributed by atoms with Crippen molar-refractivity contribution in [3.8, 4) is 17.3 Å². The van der Waals surface area contributed by atoms with Gasteiger partial charge in [0.15, 0.2) is 11.6 Å². The molecule has 0 amide bonds. The Hall–Kier alpha value is -3.00. The van der Waals surface area contributed by atoms with Gasteiger partial charge >= 0.3 is 0 Å². The van der Waals surface area contributed by atoms with Gasteiger partial charge < -0.3 is 14.6 Å². The van der Waals surface area contributed by atoms with Crippen molar-refractivity contribution in [3.63, 3.8) is 0 Å². The second-order valence-electron chi connectivity index (χ2n) is 7.86. The van der Waals surface area contributed by atoms with Gasteiger partial charge in [-0.25, -0.2) is 9.07 Å². The van der Waals surface area contributed by atoms with Crippen LogP contribution < -0.4 is 4.74 Å². The molecule has 0 spiro atoms. The minimum atomic E-state index is -0.642. The third-order valence-electron chi connectivity index (χ3n) is 5.12. The van der Waals surface area contributed by atoms with Crippen LogP contribution in [0.3, 0.4) is 0 Å². The lowest BCUT2D eigenvalue weighted by molar-refractivity contribution is 0.0244. The van der Waals surface area contributed by atoms with Crippen molar-refractivity contribution < 1.29 is 19.0 Å². The van der Waals surface area contributed by atoms with Crippen LogP contribution in [0.5, 0.6) is 11.6 Å². The fourth-order valence-corrected chi connectivity index (χ4v) is 3.61. The number of hydrogen-bond acceptors (Lipinski definition) is 5. The maximum absolute atomic E-state index is 14.4. The van der Waals surface area contributed by atoms with Crippen LogP contribution in [0.1, 0.15) is 24.6 Å². The Morgan fingerprint density at radius 1 is 1.18 bits per heavy atom. The smallest absolute Gasteiger partial charge is 0.227 e. The Kier molecular flexibility index (Phi) is 9.18. The van der Waals surface area contributed by atoms with Crippen molar-refractivity contribution in [2.75, 3.05) is 26.3 Å². The molecule has 33 heavy (non-hydrogen) atoms. The zero-order chi connectivity index (χ0) is 23.6. The van der Waals surface area contributed by atoms with Gasteiger partial charge in [0.1, 0.15) is 0 Å². The molecular weight excluding hydrogens is 421 g/mol. The van der Waals surface area contributed by atoms with E-state index < -0.39 is 11.9 Å². The van der Waals surface area contributed by atoms with Crippen LogP contribution in [0, 0.1) is 12.7 Å². The van der Waals surface area contributed by atoms with Crippen LogP contribution in [0.25, 0.3) is 5.69 Å². The molecular formula is C26H32FN3O3. The van der Waals surface area contributed by atoms with Gasteiger partial charge in [-0.2, -0.15) is 5.10 Å². The number of aromatic nitrogens is 2. The van der Waals surface area contributed by atoms with Crippen LogP contribution in [0.4, 0.5) is 4.39 Å². The van der Waals surface area contributed by atoms with Crippen LogP contribution in [-0.4, -0.2) is 52.2 Å². The molecule has 1 atom stereocenters. The molecule has 0 unspecified atom stereocenters. The predicted molar refractivity (Wildman–Crippen MR) is 127 cm³/mol. The van der Waals surface area contributed by atoms with E-state index in [9.17, 15) is 9.50 Å². The van der Waals surface area contributed by atoms with Crippen LogP contribution in [0.2, 0.25) is 0 Å². The highest BCUT2D eigenvalue weighted by Crippen LogP contribution is 2.32. The average Bonchev–Trinajstić information content (AvgIpc) is 3.11. The Labute approximate surface area is 194 Å². The third kappa shape index (κ3) is 6.74. The van der Waals surface area contributed by atoms with Crippen molar-refractivity contribution in [2.45, 2.75) is 32.9 Å². The lowest BCUT2D eigenvalue weighted by atomic mass is 10.2. The number of aliphatic hydroxyl groups excluding tert-OH is 1. The number of hydrogen-bond donors (Lipinski definition) is 1. The second kappa shape index (κ2) is 12.3. The standard InChI is InChI=1S/C26H32FN3O3/c1-4-15-29(17-22(31)19-32-16-5-2)18-23-20(3)28-30(21-11-7-6-8-12-21)26(23)33-25-14-10-9-13-24(25)27/h5-14,22,31H,2,4,15-19H2,1,3H3/t22-/m0/s1. The maximum Gasteiger partial charge on any atom is 0.227 e. The van der Waals surface area contributed by atoms with Crippen molar-refractivity contribution in [3.05, 3.63) is 84.3 Å². The SMILES string of the molecule is C=CCOC[C@@H](O)CN(CCC)Cc1c(C)nn(-c2ccccc2)c1Oc1ccccc1F. The van der Waals surface area contributed by atoms with E-state index in [-0.39, 0.29) is 12.4 Å². The first kappa shape index (κ1) is 24.6. The van der Waals surface area contributed by atoms with Gasteiger partial charge in [0, 0.05) is 13.1 Å². The van der Waals surface area contributed by atoms with Gasteiger partial charge in [-0.15, -0.1) is 6.58 Å². The highest BCUT2D eigenvalue weighted by molar-refractivity contribution is 5.43. The summed E-state index contributed by atoms with van der Waals surface area (Å²) in [4.78, 5) is 2.13. The van der Waals surface area contributed by atoms with Gasteiger partial charge in [-0.3, -0.25) is 4.90 Å². The molecule has 0 bridgehead atoms. The van der Waals surface area contributed by atoms with Crippen molar-refractivity contribution in [2.24, 2.45) is 0 Å². The third-order valence-corrected chi connectivity index (χ3v) is 5.12. The molecule has 0 saturated heterocycles. The molecule has 2 aromatic carbocycles.